The number of hydrogen-bond donors (Lipinski definition) is 2. The molecular weight excluding hydrogens is 244 g/mol. The van der Waals surface area contributed by atoms with Crippen molar-refractivity contribution in [2.45, 2.75) is 0 Å². The quantitative estimate of drug-likeness (QED) is 0.700. The summed E-state index contributed by atoms with van der Waals surface area (Å²) >= 11 is 0. The Labute approximate surface area is 108 Å². The molecular formula is C15H10O4. The summed E-state index contributed by atoms with van der Waals surface area (Å²) in [5.41, 5.74) is 0.631. The lowest BCUT2D eigenvalue weighted by atomic mass is 10.0. The third-order valence-corrected chi connectivity index (χ3v) is 2.94. The van der Waals surface area contributed by atoms with Crippen molar-refractivity contribution in [2.75, 3.05) is 0 Å². The molecule has 2 N–H and O–H groups in total. The molecule has 3 aromatic rings. The smallest absolute Gasteiger partial charge is 0.294 e. The largest absolute Gasteiger partial charge is 0.508 e. The molecule has 4 heteroatoms. The van der Waals surface area contributed by atoms with Crippen LogP contribution in [0.25, 0.3) is 22.1 Å². The first-order chi connectivity index (χ1) is 9.16. The number of rotatable bonds is 1. The van der Waals surface area contributed by atoms with Gasteiger partial charge in [0.2, 0.25) is 5.43 Å². The Morgan fingerprint density at radius 1 is 0.895 bits per heavy atom. The summed E-state index contributed by atoms with van der Waals surface area (Å²) in [7, 11) is 0. The monoisotopic (exact) mass is 254 g/mol. The van der Waals surface area contributed by atoms with Crippen LogP contribution in [0.5, 0.6) is 11.7 Å². The molecule has 2 aromatic carbocycles. The van der Waals surface area contributed by atoms with Gasteiger partial charge >= 0.3 is 0 Å². The van der Waals surface area contributed by atoms with E-state index in [1.807, 2.05) is 0 Å². The van der Waals surface area contributed by atoms with Gasteiger partial charge in [-0.1, -0.05) is 24.3 Å². The van der Waals surface area contributed by atoms with Gasteiger partial charge in [0.25, 0.3) is 5.95 Å². The number of para-hydroxylation sites is 1. The molecule has 0 bridgehead atoms. The van der Waals surface area contributed by atoms with E-state index in [0.717, 1.165) is 0 Å². The fraction of sp³-hybridized carbons (Fsp3) is 0. The zero-order valence-corrected chi connectivity index (χ0v) is 9.83. The van der Waals surface area contributed by atoms with Crippen LogP contribution >= 0.6 is 0 Å². The van der Waals surface area contributed by atoms with Crippen LogP contribution in [0.2, 0.25) is 0 Å². The van der Waals surface area contributed by atoms with Gasteiger partial charge in [0.05, 0.1) is 5.39 Å². The van der Waals surface area contributed by atoms with Crippen molar-refractivity contribution in [3.8, 4) is 22.8 Å². The van der Waals surface area contributed by atoms with Gasteiger partial charge in [0.1, 0.15) is 16.9 Å². The molecule has 19 heavy (non-hydrogen) atoms. The third-order valence-electron chi connectivity index (χ3n) is 2.94. The molecule has 3 rings (SSSR count). The number of phenols is 1. The SMILES string of the molecule is O=c1c(-c2ccc(O)cc2)c(O)oc2ccccc12. The highest BCUT2D eigenvalue weighted by molar-refractivity contribution is 5.83. The van der Waals surface area contributed by atoms with Crippen molar-refractivity contribution in [3.05, 3.63) is 58.8 Å². The molecule has 0 unspecified atom stereocenters. The second-order valence-electron chi connectivity index (χ2n) is 4.15. The van der Waals surface area contributed by atoms with Gasteiger partial charge in [-0.2, -0.15) is 0 Å². The Morgan fingerprint density at radius 3 is 2.32 bits per heavy atom. The summed E-state index contributed by atoms with van der Waals surface area (Å²) in [6.07, 6.45) is 0. The van der Waals surface area contributed by atoms with E-state index in [2.05, 4.69) is 0 Å². The van der Waals surface area contributed by atoms with Crippen LogP contribution in [0.3, 0.4) is 0 Å². The van der Waals surface area contributed by atoms with Gasteiger partial charge in [-0.25, -0.2) is 0 Å². The summed E-state index contributed by atoms with van der Waals surface area (Å²) in [6, 6.07) is 12.7. The molecule has 0 atom stereocenters. The number of phenolic OH excluding ortho intramolecular Hbond substituents is 1. The Bertz CT molecular complexity index is 800. The van der Waals surface area contributed by atoms with Crippen molar-refractivity contribution in [1.29, 1.82) is 0 Å². The van der Waals surface area contributed by atoms with E-state index in [9.17, 15) is 15.0 Å². The molecule has 0 amide bonds. The van der Waals surface area contributed by atoms with E-state index in [4.69, 9.17) is 4.42 Å². The fourth-order valence-electron chi connectivity index (χ4n) is 2.01. The normalized spacial score (nSPS) is 10.7. The molecule has 0 saturated heterocycles. The molecule has 0 aliphatic carbocycles. The molecule has 0 aliphatic rings. The standard InChI is InChI=1S/C15H10O4/c16-10-7-5-9(6-8-10)13-14(17)11-3-1-2-4-12(11)19-15(13)18/h1-8,16,18H. The maximum atomic E-state index is 12.4. The fourth-order valence-corrected chi connectivity index (χ4v) is 2.01. The highest BCUT2D eigenvalue weighted by atomic mass is 16.5. The molecule has 1 heterocycles. The molecule has 0 aliphatic heterocycles. The van der Waals surface area contributed by atoms with Crippen molar-refractivity contribution < 1.29 is 14.6 Å². The van der Waals surface area contributed by atoms with Gasteiger partial charge in [-0.05, 0) is 29.8 Å². The molecule has 0 spiro atoms. The summed E-state index contributed by atoms with van der Waals surface area (Å²) < 4.78 is 5.25. The van der Waals surface area contributed by atoms with Crippen LogP contribution in [0.15, 0.2) is 57.7 Å². The highest BCUT2D eigenvalue weighted by Crippen LogP contribution is 2.29. The minimum atomic E-state index is -0.422. The maximum absolute atomic E-state index is 12.4. The lowest BCUT2D eigenvalue weighted by Crippen LogP contribution is -2.05. The van der Waals surface area contributed by atoms with Gasteiger partial charge in [-0.15, -0.1) is 0 Å². The zero-order valence-electron chi connectivity index (χ0n) is 9.83. The predicted molar refractivity (Wildman–Crippen MR) is 71.2 cm³/mol. The van der Waals surface area contributed by atoms with Crippen molar-refractivity contribution in [2.24, 2.45) is 0 Å². The first-order valence-electron chi connectivity index (χ1n) is 5.71. The van der Waals surface area contributed by atoms with Gasteiger partial charge in [0, 0.05) is 0 Å². The van der Waals surface area contributed by atoms with E-state index >= 15 is 0 Å². The van der Waals surface area contributed by atoms with E-state index < -0.39 is 5.95 Å². The van der Waals surface area contributed by atoms with E-state index in [1.54, 1.807) is 36.4 Å². The zero-order chi connectivity index (χ0) is 13.4. The van der Waals surface area contributed by atoms with Crippen LogP contribution < -0.4 is 5.43 Å². The Morgan fingerprint density at radius 2 is 1.58 bits per heavy atom. The number of fused-ring (bicyclic) bond motifs is 1. The van der Waals surface area contributed by atoms with E-state index in [0.29, 0.717) is 16.5 Å². The minimum absolute atomic E-state index is 0.0911. The lowest BCUT2D eigenvalue weighted by molar-refractivity contribution is 0.342. The first kappa shape index (κ1) is 11.3. The highest BCUT2D eigenvalue weighted by Gasteiger charge is 2.15. The maximum Gasteiger partial charge on any atom is 0.294 e. The van der Waals surface area contributed by atoms with Crippen LogP contribution in [0, 0.1) is 0 Å². The number of hydrogen-bond acceptors (Lipinski definition) is 4. The van der Waals surface area contributed by atoms with Crippen molar-refractivity contribution >= 4 is 11.0 Å². The second-order valence-corrected chi connectivity index (χ2v) is 4.15. The summed E-state index contributed by atoms with van der Waals surface area (Å²) in [5.74, 6) is -0.331. The van der Waals surface area contributed by atoms with Crippen LogP contribution in [0.1, 0.15) is 0 Å². The van der Waals surface area contributed by atoms with Gasteiger partial charge in [-0.3, -0.25) is 4.79 Å². The second kappa shape index (κ2) is 4.17. The van der Waals surface area contributed by atoms with Gasteiger partial charge in [0.15, 0.2) is 0 Å². The minimum Gasteiger partial charge on any atom is -0.508 e. The predicted octanol–water partition coefficient (Wildman–Crippen LogP) is 2.87. The average Bonchev–Trinajstić information content (AvgIpc) is 2.41. The molecule has 4 nitrogen and oxygen atoms in total. The van der Waals surface area contributed by atoms with E-state index in [-0.39, 0.29) is 16.7 Å². The average molecular weight is 254 g/mol. The molecule has 0 radical (unpaired) electrons. The molecule has 94 valence electrons. The Balaban J connectivity index is 2.35. The van der Waals surface area contributed by atoms with Crippen molar-refractivity contribution in [1.82, 2.24) is 0 Å². The number of benzene rings is 2. The molecule has 1 aromatic heterocycles. The number of aromatic hydroxyl groups is 2. The van der Waals surface area contributed by atoms with Crippen LogP contribution in [-0.4, -0.2) is 10.2 Å². The summed E-state index contributed by atoms with van der Waals surface area (Å²) in [4.78, 5) is 12.4. The molecule has 0 fully saturated rings. The first-order valence-corrected chi connectivity index (χ1v) is 5.71. The van der Waals surface area contributed by atoms with Crippen molar-refractivity contribution in [3.63, 3.8) is 0 Å². The Kier molecular flexibility index (Phi) is 2.49. The molecule has 0 saturated carbocycles. The van der Waals surface area contributed by atoms with Crippen LogP contribution in [0.4, 0.5) is 0 Å². The summed E-state index contributed by atoms with van der Waals surface area (Å²) in [6.45, 7) is 0. The summed E-state index contributed by atoms with van der Waals surface area (Å²) in [5, 5.41) is 19.5. The van der Waals surface area contributed by atoms with Crippen LogP contribution in [-0.2, 0) is 0 Å². The third kappa shape index (κ3) is 1.83. The van der Waals surface area contributed by atoms with E-state index in [1.165, 1.54) is 12.1 Å². The topological polar surface area (TPSA) is 70.7 Å². The Hall–Kier alpha value is -2.75. The lowest BCUT2D eigenvalue weighted by Gasteiger charge is -2.05. The van der Waals surface area contributed by atoms with Gasteiger partial charge < -0.3 is 14.6 Å².